The summed E-state index contributed by atoms with van der Waals surface area (Å²) in [6.07, 6.45) is -0.665. The second-order valence-corrected chi connectivity index (χ2v) is 4.43. The molecule has 1 aromatic carbocycles. The van der Waals surface area contributed by atoms with Crippen molar-refractivity contribution in [1.29, 1.82) is 5.26 Å². The zero-order chi connectivity index (χ0) is 13.1. The van der Waals surface area contributed by atoms with E-state index < -0.39 is 17.5 Å². The van der Waals surface area contributed by atoms with Crippen molar-refractivity contribution < 1.29 is 13.9 Å². The minimum absolute atomic E-state index is 0.0697. The molecular weight excluding hydrogens is 223 g/mol. The molecule has 0 saturated heterocycles. The van der Waals surface area contributed by atoms with Gasteiger partial charge >= 0.3 is 6.09 Å². The molecule has 0 spiro atoms. The molecule has 5 heteroatoms. The molecule has 0 radical (unpaired) electrons. The molecule has 0 aliphatic heterocycles. The number of amides is 1. The fourth-order valence-corrected chi connectivity index (χ4v) is 1.10. The first-order valence-electron chi connectivity index (χ1n) is 5.01. The number of nitrogens with zero attached hydrogens (tertiary/aromatic N) is 1. The molecule has 1 rings (SSSR count). The molecule has 0 aliphatic rings. The third-order valence-corrected chi connectivity index (χ3v) is 1.73. The van der Waals surface area contributed by atoms with Crippen molar-refractivity contribution in [1.82, 2.24) is 0 Å². The molecule has 0 unspecified atom stereocenters. The standard InChI is InChI=1S/C12H13FN2O2/c1-12(2,3)17-11(16)15-9-5-4-8(7-14)10(13)6-9/h4-6H,1-3H3,(H,15,16). The quantitative estimate of drug-likeness (QED) is 0.815. The van der Waals surface area contributed by atoms with Gasteiger partial charge in [0.1, 0.15) is 17.5 Å². The van der Waals surface area contributed by atoms with Crippen LogP contribution in [0.25, 0.3) is 0 Å². The first-order chi connectivity index (χ1) is 7.81. The highest BCUT2D eigenvalue weighted by atomic mass is 19.1. The Morgan fingerprint density at radius 1 is 1.47 bits per heavy atom. The lowest BCUT2D eigenvalue weighted by molar-refractivity contribution is 0.0636. The first kappa shape index (κ1) is 13.0. The van der Waals surface area contributed by atoms with Crippen LogP contribution < -0.4 is 5.32 Å². The van der Waals surface area contributed by atoms with Crippen LogP contribution in [0.4, 0.5) is 14.9 Å². The van der Waals surface area contributed by atoms with E-state index in [4.69, 9.17) is 10.00 Å². The van der Waals surface area contributed by atoms with E-state index in [0.29, 0.717) is 0 Å². The van der Waals surface area contributed by atoms with Crippen LogP contribution in [0.5, 0.6) is 0 Å². The molecule has 1 amide bonds. The van der Waals surface area contributed by atoms with E-state index in [1.165, 1.54) is 12.1 Å². The Labute approximate surface area is 99.0 Å². The second kappa shape index (κ2) is 4.83. The molecule has 1 N–H and O–H groups in total. The van der Waals surface area contributed by atoms with Crippen molar-refractivity contribution in [3.63, 3.8) is 0 Å². The maximum Gasteiger partial charge on any atom is 0.412 e. The molecule has 0 saturated carbocycles. The van der Waals surface area contributed by atoms with Gasteiger partial charge in [-0.2, -0.15) is 5.26 Å². The zero-order valence-corrected chi connectivity index (χ0v) is 9.87. The third kappa shape index (κ3) is 4.11. The number of anilines is 1. The number of carbonyl (C=O) groups excluding carboxylic acids is 1. The van der Waals surface area contributed by atoms with Gasteiger partial charge in [0.05, 0.1) is 5.56 Å². The molecule has 90 valence electrons. The van der Waals surface area contributed by atoms with Gasteiger partial charge in [0.25, 0.3) is 0 Å². The number of halogens is 1. The van der Waals surface area contributed by atoms with Crippen molar-refractivity contribution in [2.45, 2.75) is 26.4 Å². The van der Waals surface area contributed by atoms with Crippen LogP contribution in [-0.4, -0.2) is 11.7 Å². The molecule has 0 heterocycles. The summed E-state index contributed by atoms with van der Waals surface area (Å²) in [5, 5.41) is 10.9. The molecular formula is C12H13FN2O2. The Hall–Kier alpha value is -2.09. The zero-order valence-electron chi connectivity index (χ0n) is 9.87. The molecule has 4 nitrogen and oxygen atoms in total. The maximum atomic E-state index is 13.2. The average Bonchev–Trinajstić information content (AvgIpc) is 2.14. The number of hydrogen-bond acceptors (Lipinski definition) is 3. The van der Waals surface area contributed by atoms with Gasteiger partial charge < -0.3 is 4.74 Å². The Morgan fingerprint density at radius 3 is 2.59 bits per heavy atom. The lowest BCUT2D eigenvalue weighted by Crippen LogP contribution is -2.27. The number of hydrogen-bond donors (Lipinski definition) is 1. The summed E-state index contributed by atoms with van der Waals surface area (Å²) < 4.78 is 18.2. The van der Waals surface area contributed by atoms with E-state index in [1.807, 2.05) is 0 Å². The predicted octanol–water partition coefficient (Wildman–Crippen LogP) is 3.04. The highest BCUT2D eigenvalue weighted by Crippen LogP contribution is 2.15. The molecule has 0 atom stereocenters. The predicted molar refractivity (Wildman–Crippen MR) is 61.0 cm³/mol. The molecule has 0 aromatic heterocycles. The molecule has 0 aliphatic carbocycles. The highest BCUT2D eigenvalue weighted by Gasteiger charge is 2.16. The average molecular weight is 236 g/mol. The lowest BCUT2D eigenvalue weighted by Gasteiger charge is -2.19. The topological polar surface area (TPSA) is 62.1 Å². The van der Waals surface area contributed by atoms with E-state index in [2.05, 4.69) is 5.32 Å². The van der Waals surface area contributed by atoms with E-state index in [1.54, 1.807) is 26.8 Å². The Morgan fingerprint density at radius 2 is 2.12 bits per heavy atom. The van der Waals surface area contributed by atoms with Crippen LogP contribution in [0, 0.1) is 17.1 Å². The number of nitrogens with one attached hydrogen (secondary N) is 1. The van der Waals surface area contributed by atoms with Gasteiger partial charge in [-0.25, -0.2) is 9.18 Å². The molecule has 1 aromatic rings. The smallest absolute Gasteiger partial charge is 0.412 e. The summed E-state index contributed by atoms with van der Waals surface area (Å²) in [6, 6.07) is 5.50. The van der Waals surface area contributed by atoms with Gasteiger partial charge in [0, 0.05) is 5.69 Å². The van der Waals surface area contributed by atoms with Crippen molar-refractivity contribution in [2.24, 2.45) is 0 Å². The van der Waals surface area contributed by atoms with Gasteiger partial charge in [-0.15, -0.1) is 0 Å². The van der Waals surface area contributed by atoms with Crippen LogP contribution >= 0.6 is 0 Å². The minimum atomic E-state index is -0.680. The number of nitriles is 1. The van der Waals surface area contributed by atoms with E-state index >= 15 is 0 Å². The molecule has 0 bridgehead atoms. The highest BCUT2D eigenvalue weighted by molar-refractivity contribution is 5.84. The van der Waals surface area contributed by atoms with Crippen molar-refractivity contribution >= 4 is 11.8 Å². The summed E-state index contributed by atoms with van der Waals surface area (Å²) in [6.45, 7) is 5.18. The van der Waals surface area contributed by atoms with E-state index in [0.717, 1.165) is 6.07 Å². The number of rotatable bonds is 1. The summed E-state index contributed by atoms with van der Waals surface area (Å²) in [5.74, 6) is -0.680. The SMILES string of the molecule is CC(C)(C)OC(=O)Nc1ccc(C#N)c(F)c1. The monoisotopic (exact) mass is 236 g/mol. The number of ether oxygens (including phenoxy) is 1. The van der Waals surface area contributed by atoms with Crippen molar-refractivity contribution in [2.75, 3.05) is 5.32 Å². The molecule has 17 heavy (non-hydrogen) atoms. The van der Waals surface area contributed by atoms with Gasteiger partial charge in [-0.05, 0) is 39.0 Å². The maximum absolute atomic E-state index is 13.2. The third-order valence-electron chi connectivity index (χ3n) is 1.73. The lowest BCUT2D eigenvalue weighted by atomic mass is 10.2. The normalized spacial score (nSPS) is 10.5. The van der Waals surface area contributed by atoms with Crippen LogP contribution in [-0.2, 0) is 4.74 Å². The summed E-state index contributed by atoms with van der Waals surface area (Å²) >= 11 is 0. The van der Waals surface area contributed by atoms with Crippen LogP contribution in [0.15, 0.2) is 18.2 Å². The minimum Gasteiger partial charge on any atom is -0.444 e. The van der Waals surface area contributed by atoms with Gasteiger partial charge in [-0.3, -0.25) is 5.32 Å². The van der Waals surface area contributed by atoms with E-state index in [9.17, 15) is 9.18 Å². The first-order valence-corrected chi connectivity index (χ1v) is 5.01. The van der Waals surface area contributed by atoms with E-state index in [-0.39, 0.29) is 11.3 Å². The van der Waals surface area contributed by atoms with Crippen LogP contribution in [0.1, 0.15) is 26.3 Å². The Balaban J connectivity index is 2.74. The summed E-state index contributed by atoms with van der Waals surface area (Å²) in [7, 11) is 0. The van der Waals surface area contributed by atoms with Gasteiger partial charge in [0.2, 0.25) is 0 Å². The fraction of sp³-hybridized carbons (Fsp3) is 0.333. The van der Waals surface area contributed by atoms with Crippen LogP contribution in [0.3, 0.4) is 0 Å². The van der Waals surface area contributed by atoms with Gasteiger partial charge in [0.15, 0.2) is 0 Å². The second-order valence-electron chi connectivity index (χ2n) is 4.43. The Kier molecular flexibility index (Phi) is 3.69. The number of carbonyl (C=O) groups is 1. The van der Waals surface area contributed by atoms with Crippen LogP contribution in [0.2, 0.25) is 0 Å². The van der Waals surface area contributed by atoms with Crippen molar-refractivity contribution in [3.05, 3.63) is 29.6 Å². The largest absolute Gasteiger partial charge is 0.444 e. The van der Waals surface area contributed by atoms with Gasteiger partial charge in [-0.1, -0.05) is 0 Å². The Bertz CT molecular complexity index is 472. The fourth-order valence-electron chi connectivity index (χ4n) is 1.10. The summed E-state index contributed by atoms with van der Waals surface area (Å²) in [4.78, 5) is 11.4. The van der Waals surface area contributed by atoms with Crippen molar-refractivity contribution in [3.8, 4) is 6.07 Å². The molecule has 0 fully saturated rings. The number of benzene rings is 1. The summed E-state index contributed by atoms with van der Waals surface area (Å²) in [5.41, 5.74) is -0.439.